The van der Waals surface area contributed by atoms with Crippen molar-refractivity contribution in [3.63, 3.8) is 0 Å². The summed E-state index contributed by atoms with van der Waals surface area (Å²) in [6.45, 7) is 19.4. The second-order valence-corrected chi connectivity index (χ2v) is 27.2. The largest absolute Gasteiger partial charge is 0.458 e. The van der Waals surface area contributed by atoms with Crippen molar-refractivity contribution in [3.8, 4) is 0 Å². The molecule has 2 heterocycles. The van der Waals surface area contributed by atoms with Crippen molar-refractivity contribution >= 4 is 48.0 Å². The molecule has 9 nitrogen and oxygen atoms in total. The molecule has 2 fully saturated rings. The highest BCUT2D eigenvalue weighted by molar-refractivity contribution is 7.80. The molecule has 2 aliphatic rings. The number of hydrogen-bond acceptors (Lipinski definition) is 9. The van der Waals surface area contributed by atoms with Crippen LogP contribution in [-0.4, -0.2) is 78.2 Å². The summed E-state index contributed by atoms with van der Waals surface area (Å²) < 4.78 is 32.8. The van der Waals surface area contributed by atoms with Crippen LogP contribution in [-0.2, 0) is 38.6 Å². The maximum Gasteiger partial charge on any atom is 0.339 e. The van der Waals surface area contributed by atoms with Gasteiger partial charge in [-0.25, -0.2) is 4.79 Å². The van der Waals surface area contributed by atoms with Crippen LogP contribution in [0.15, 0.2) is 133 Å². The normalized spacial score (nSPS) is 18.2. The number of carbonyl (C=O) groups is 2. The third-order valence-corrected chi connectivity index (χ3v) is 20.0. The maximum atomic E-state index is 16.1. The van der Waals surface area contributed by atoms with E-state index in [9.17, 15) is 5.11 Å². The highest BCUT2D eigenvalue weighted by Crippen LogP contribution is 2.49. The molecule has 3 atom stereocenters. The Morgan fingerprint density at radius 3 is 1.68 bits per heavy atom. The standard InChI is InChI=1S/C62H85NO8SSi/c1-10-11-12-16-31-42-60(67-46-47-68-60)43-32-17-14-13-15-30-41-53(55(64)63-54(48(2)3)62(71-57(63)72,49-33-22-18-23-34-49)50-35-24-19-25-36-50)61(66,56(65)70-58(4,5)6)44-45-69-73(59(7,8)9,51-37-26-20-27-38-51)52-39-28-21-29-40-52/h18-30,33-41,48,53-54,66H,10-17,31-32,42-47H2,1-9H3/t53-,54+,61+/m1/s1. The number of allylic oxidation sites excluding steroid dienone is 1. The Morgan fingerprint density at radius 2 is 1.22 bits per heavy atom. The molecule has 4 aromatic rings. The number of aliphatic hydroxyl groups is 1. The van der Waals surface area contributed by atoms with Gasteiger partial charge in [0.15, 0.2) is 17.0 Å². The van der Waals surface area contributed by atoms with E-state index in [1.807, 2.05) is 117 Å². The first-order valence-corrected chi connectivity index (χ1v) is 29.5. The van der Waals surface area contributed by atoms with E-state index in [1.165, 1.54) is 30.6 Å². The molecule has 2 saturated heterocycles. The van der Waals surface area contributed by atoms with Crippen LogP contribution in [0.4, 0.5) is 0 Å². The van der Waals surface area contributed by atoms with Crippen molar-refractivity contribution in [2.45, 2.75) is 179 Å². The lowest BCUT2D eigenvalue weighted by Crippen LogP contribution is -2.67. The second kappa shape index (κ2) is 25.8. The summed E-state index contributed by atoms with van der Waals surface area (Å²) in [5.41, 5.74) is -2.94. The highest BCUT2D eigenvalue weighted by atomic mass is 32.1. The molecular formula is C62H85NO8SSi. The molecule has 2 aliphatic heterocycles. The molecule has 0 radical (unpaired) electrons. The zero-order valence-electron chi connectivity index (χ0n) is 45.4. The van der Waals surface area contributed by atoms with Gasteiger partial charge in [0, 0.05) is 37.0 Å². The number of hydrogen-bond donors (Lipinski definition) is 1. The number of amides is 1. The van der Waals surface area contributed by atoms with E-state index in [1.54, 1.807) is 26.8 Å². The van der Waals surface area contributed by atoms with Gasteiger partial charge in [0.1, 0.15) is 5.60 Å². The number of unbranched alkanes of at least 4 members (excludes halogenated alkanes) is 8. The molecule has 0 aliphatic carbocycles. The molecule has 4 aromatic carbocycles. The van der Waals surface area contributed by atoms with Crippen LogP contribution in [0.1, 0.15) is 157 Å². The van der Waals surface area contributed by atoms with Crippen molar-refractivity contribution in [2.75, 3.05) is 19.8 Å². The SMILES string of the molecule is CCCCCCCC1(CCCCCCC=C[C@H](C(=O)N2C(=S)OC(c3ccccc3)(c3ccccc3)[C@@H]2C(C)C)[C@@](O)(CCO[Si](c2ccccc2)(c2ccccc2)C(C)(C)C)C(=O)OC(C)(C)C)OCCO1. The predicted octanol–water partition coefficient (Wildman–Crippen LogP) is 12.8. The van der Waals surface area contributed by atoms with E-state index < -0.39 is 54.7 Å². The molecule has 396 valence electrons. The molecule has 0 spiro atoms. The Hall–Kier alpha value is -4.49. The van der Waals surface area contributed by atoms with Gasteiger partial charge in [-0.1, -0.05) is 214 Å². The van der Waals surface area contributed by atoms with E-state index in [2.05, 4.69) is 52.0 Å². The number of carbonyl (C=O) groups excluding carboxylic acids is 2. The van der Waals surface area contributed by atoms with Gasteiger partial charge in [0.05, 0.1) is 25.2 Å². The number of ether oxygens (including phenoxy) is 4. The Morgan fingerprint density at radius 1 is 0.740 bits per heavy atom. The van der Waals surface area contributed by atoms with Crippen LogP contribution in [0.5, 0.6) is 0 Å². The Bertz CT molecular complexity index is 2280. The number of rotatable bonds is 26. The van der Waals surface area contributed by atoms with Crippen molar-refractivity contribution in [2.24, 2.45) is 11.8 Å². The summed E-state index contributed by atoms with van der Waals surface area (Å²) >= 11 is 6.15. The van der Waals surface area contributed by atoms with Gasteiger partial charge >= 0.3 is 5.97 Å². The highest BCUT2D eigenvalue weighted by Gasteiger charge is 2.61. The van der Waals surface area contributed by atoms with Crippen LogP contribution >= 0.6 is 12.2 Å². The van der Waals surface area contributed by atoms with Gasteiger partial charge < -0.3 is 28.5 Å². The van der Waals surface area contributed by atoms with E-state index in [4.69, 9.17) is 35.6 Å². The lowest BCUT2D eigenvalue weighted by Gasteiger charge is -2.44. The molecule has 0 unspecified atom stereocenters. The van der Waals surface area contributed by atoms with Crippen LogP contribution in [0.3, 0.4) is 0 Å². The Balaban J connectivity index is 1.36. The molecule has 0 saturated carbocycles. The monoisotopic (exact) mass is 1030 g/mol. The van der Waals surface area contributed by atoms with Gasteiger partial charge in [-0.3, -0.25) is 9.69 Å². The summed E-state index contributed by atoms with van der Waals surface area (Å²) in [6, 6.07) is 39.5. The van der Waals surface area contributed by atoms with E-state index in [0.29, 0.717) is 19.6 Å². The average molecular weight is 1030 g/mol. The predicted molar refractivity (Wildman–Crippen MR) is 300 cm³/mol. The van der Waals surface area contributed by atoms with Gasteiger partial charge in [-0.15, -0.1) is 0 Å². The van der Waals surface area contributed by atoms with Gasteiger partial charge in [0.25, 0.3) is 13.5 Å². The van der Waals surface area contributed by atoms with Crippen molar-refractivity contribution in [1.29, 1.82) is 0 Å². The van der Waals surface area contributed by atoms with Crippen LogP contribution in [0.25, 0.3) is 0 Å². The first kappa shape index (κ1) is 57.8. The van der Waals surface area contributed by atoms with E-state index in [-0.39, 0.29) is 29.2 Å². The van der Waals surface area contributed by atoms with Crippen molar-refractivity contribution in [3.05, 3.63) is 145 Å². The summed E-state index contributed by atoms with van der Waals surface area (Å²) in [7, 11) is -3.16. The molecule has 73 heavy (non-hydrogen) atoms. The van der Waals surface area contributed by atoms with E-state index >= 15 is 9.59 Å². The van der Waals surface area contributed by atoms with Gasteiger partial charge in [0.2, 0.25) is 5.91 Å². The quantitative estimate of drug-likeness (QED) is 0.0216. The zero-order chi connectivity index (χ0) is 52.8. The minimum absolute atomic E-state index is 0.0288. The van der Waals surface area contributed by atoms with Crippen LogP contribution < -0.4 is 10.4 Å². The maximum absolute atomic E-state index is 16.1. The number of nitrogens with zero attached hydrogens (tertiary/aromatic N) is 1. The van der Waals surface area contributed by atoms with E-state index in [0.717, 1.165) is 66.4 Å². The van der Waals surface area contributed by atoms with Crippen molar-refractivity contribution in [1.82, 2.24) is 4.90 Å². The van der Waals surface area contributed by atoms with Crippen molar-refractivity contribution < 1.29 is 38.1 Å². The molecule has 0 aromatic heterocycles. The molecule has 0 bridgehead atoms. The molecule has 1 amide bonds. The number of benzene rings is 4. The minimum Gasteiger partial charge on any atom is -0.458 e. The van der Waals surface area contributed by atoms with Gasteiger partial charge in [-0.05, 0) is 80.0 Å². The number of esters is 1. The first-order chi connectivity index (χ1) is 34.9. The Labute approximate surface area is 444 Å². The minimum atomic E-state index is -3.16. The lowest BCUT2D eigenvalue weighted by atomic mass is 9.75. The fourth-order valence-corrected chi connectivity index (χ4v) is 16.1. The van der Waals surface area contributed by atoms with Crippen LogP contribution in [0.2, 0.25) is 5.04 Å². The summed E-state index contributed by atoms with van der Waals surface area (Å²) in [4.78, 5) is 32.6. The Kier molecular flexibility index (Phi) is 20.4. The van der Waals surface area contributed by atoms with Crippen LogP contribution in [0, 0.1) is 11.8 Å². The third-order valence-electron chi connectivity index (χ3n) is 14.6. The van der Waals surface area contributed by atoms with Gasteiger partial charge in [-0.2, -0.15) is 0 Å². The summed E-state index contributed by atoms with van der Waals surface area (Å²) in [6.07, 6.45) is 15.6. The zero-order valence-corrected chi connectivity index (χ0v) is 47.2. The fraction of sp³-hybridized carbons (Fsp3) is 0.532. The molecule has 1 N–H and O–H groups in total. The summed E-state index contributed by atoms with van der Waals surface area (Å²) in [5, 5.41) is 15.2. The lowest BCUT2D eigenvalue weighted by molar-refractivity contribution is -0.186. The molecule has 11 heteroatoms. The summed E-state index contributed by atoms with van der Waals surface area (Å²) in [5.74, 6) is -3.58. The number of thiocarbonyl (C=S) groups is 1. The second-order valence-electron chi connectivity index (χ2n) is 22.6. The molecule has 6 rings (SSSR count). The smallest absolute Gasteiger partial charge is 0.339 e. The average Bonchev–Trinajstić information content (AvgIpc) is 3.97. The molecular weight excluding hydrogens is 947 g/mol. The third kappa shape index (κ3) is 13.7. The topological polar surface area (TPSA) is 104 Å². The fourth-order valence-electron chi connectivity index (χ4n) is 11.2. The first-order valence-electron chi connectivity index (χ1n) is 27.2.